The first kappa shape index (κ1) is 12.3. The highest BCUT2D eigenvalue weighted by Crippen LogP contribution is 2.29. The van der Waals surface area contributed by atoms with Gasteiger partial charge < -0.3 is 9.84 Å². The van der Waals surface area contributed by atoms with E-state index in [0.717, 1.165) is 13.0 Å². The number of hydrogen-bond acceptors (Lipinski definition) is 5. The Morgan fingerprint density at radius 2 is 2.26 bits per heavy atom. The lowest BCUT2D eigenvalue weighted by Crippen LogP contribution is -2.20. The van der Waals surface area contributed by atoms with Crippen molar-refractivity contribution in [2.24, 2.45) is 0 Å². The van der Waals surface area contributed by atoms with Crippen LogP contribution in [-0.2, 0) is 6.42 Å². The van der Waals surface area contributed by atoms with Crippen molar-refractivity contribution in [3.8, 4) is 0 Å². The Morgan fingerprint density at radius 3 is 3.05 bits per heavy atom. The summed E-state index contributed by atoms with van der Waals surface area (Å²) in [4.78, 5) is 5.36. The van der Waals surface area contributed by atoms with Gasteiger partial charge in [-0.1, -0.05) is 23.4 Å². The van der Waals surface area contributed by atoms with Crippen molar-refractivity contribution >= 4 is 21.4 Å². The molecule has 0 radical (unpaired) electrons. The molecule has 0 aliphatic rings. The zero-order valence-electron chi connectivity index (χ0n) is 10.7. The van der Waals surface area contributed by atoms with Gasteiger partial charge in [0.1, 0.15) is 0 Å². The molecular formula is C14H15N3OS. The molecule has 1 atom stereocenters. The summed E-state index contributed by atoms with van der Waals surface area (Å²) in [7, 11) is 0. The fourth-order valence-corrected chi connectivity index (χ4v) is 3.11. The zero-order valence-corrected chi connectivity index (χ0v) is 11.5. The Bertz CT molecular complexity index is 615. The molecule has 3 aromatic rings. The summed E-state index contributed by atoms with van der Waals surface area (Å²) < 4.78 is 6.31. The molecule has 0 aliphatic carbocycles. The third kappa shape index (κ3) is 2.83. The predicted molar refractivity (Wildman–Crippen MR) is 76.2 cm³/mol. The van der Waals surface area contributed by atoms with Gasteiger partial charge in [-0.3, -0.25) is 0 Å². The van der Waals surface area contributed by atoms with Crippen molar-refractivity contribution in [3.05, 3.63) is 47.4 Å². The number of nitrogens with one attached hydrogen (secondary N) is 1. The van der Waals surface area contributed by atoms with Crippen LogP contribution in [0.1, 0.15) is 23.7 Å². The molecule has 0 saturated carbocycles. The van der Waals surface area contributed by atoms with Crippen LogP contribution in [0.3, 0.4) is 0 Å². The third-order valence-electron chi connectivity index (χ3n) is 3.07. The van der Waals surface area contributed by atoms with E-state index < -0.39 is 0 Å². The lowest BCUT2D eigenvalue weighted by Gasteiger charge is -2.10. The monoisotopic (exact) mass is 273 g/mol. The van der Waals surface area contributed by atoms with Crippen molar-refractivity contribution < 1.29 is 4.52 Å². The Hall–Kier alpha value is -1.72. The lowest BCUT2D eigenvalue weighted by atomic mass is 10.2. The molecule has 0 fully saturated rings. The summed E-state index contributed by atoms with van der Waals surface area (Å²) in [6.07, 6.45) is 2.19. The molecule has 1 aromatic carbocycles. The molecule has 5 heteroatoms. The van der Waals surface area contributed by atoms with E-state index in [-0.39, 0.29) is 0 Å². The van der Waals surface area contributed by atoms with Gasteiger partial charge in [-0.25, -0.2) is 0 Å². The number of benzene rings is 1. The van der Waals surface area contributed by atoms with Crippen molar-refractivity contribution in [1.29, 1.82) is 0 Å². The first-order valence-electron chi connectivity index (χ1n) is 6.30. The minimum Gasteiger partial charge on any atom is -0.340 e. The highest BCUT2D eigenvalue weighted by molar-refractivity contribution is 7.19. The summed E-state index contributed by atoms with van der Waals surface area (Å²) in [6, 6.07) is 11.1. The molecule has 19 heavy (non-hydrogen) atoms. The maximum atomic E-state index is 4.97. The number of aromatic nitrogens is 2. The zero-order chi connectivity index (χ0) is 13.1. The van der Waals surface area contributed by atoms with Crippen LogP contribution >= 0.6 is 11.3 Å². The second-order valence-electron chi connectivity index (χ2n) is 4.45. The van der Waals surface area contributed by atoms with E-state index in [2.05, 4.69) is 52.7 Å². The normalized spacial score (nSPS) is 12.9. The van der Waals surface area contributed by atoms with Crippen molar-refractivity contribution in [2.75, 3.05) is 6.54 Å². The first-order chi connectivity index (χ1) is 9.33. The number of fused-ring (bicyclic) bond motifs is 1. The van der Waals surface area contributed by atoms with E-state index in [4.69, 9.17) is 4.52 Å². The maximum absolute atomic E-state index is 4.97. The average Bonchev–Trinajstić information content (AvgIpc) is 3.07. The van der Waals surface area contributed by atoms with Crippen LogP contribution in [0.25, 0.3) is 10.1 Å². The Morgan fingerprint density at radius 1 is 1.37 bits per heavy atom. The molecule has 2 heterocycles. The molecule has 3 rings (SSSR count). The Labute approximate surface area is 115 Å². The summed E-state index contributed by atoms with van der Waals surface area (Å²) in [5.41, 5.74) is 0. The largest absolute Gasteiger partial charge is 0.340 e. The van der Waals surface area contributed by atoms with E-state index in [1.54, 1.807) is 0 Å². The summed E-state index contributed by atoms with van der Waals surface area (Å²) in [5.74, 6) is 0.677. The fraction of sp³-hybridized carbons (Fsp3) is 0.286. The van der Waals surface area contributed by atoms with Gasteiger partial charge in [0.15, 0.2) is 6.33 Å². The number of nitrogens with zero attached hydrogens (tertiary/aromatic N) is 2. The van der Waals surface area contributed by atoms with Crippen LogP contribution in [0.5, 0.6) is 0 Å². The van der Waals surface area contributed by atoms with Crippen molar-refractivity contribution in [1.82, 2.24) is 15.5 Å². The second kappa shape index (κ2) is 5.50. The van der Waals surface area contributed by atoms with E-state index in [0.29, 0.717) is 11.9 Å². The average molecular weight is 273 g/mol. The highest BCUT2D eigenvalue weighted by Gasteiger charge is 2.09. The minimum absolute atomic E-state index is 0.334. The quantitative estimate of drug-likeness (QED) is 0.775. The van der Waals surface area contributed by atoms with Crippen LogP contribution in [-0.4, -0.2) is 16.7 Å². The number of rotatable bonds is 5. The van der Waals surface area contributed by atoms with Crippen LogP contribution in [0.2, 0.25) is 0 Å². The van der Waals surface area contributed by atoms with Gasteiger partial charge in [0.05, 0.1) is 0 Å². The molecule has 1 N–H and O–H groups in total. The minimum atomic E-state index is 0.334. The van der Waals surface area contributed by atoms with Crippen LogP contribution in [0, 0.1) is 0 Å². The van der Waals surface area contributed by atoms with E-state index in [9.17, 15) is 0 Å². The van der Waals surface area contributed by atoms with Crippen molar-refractivity contribution in [2.45, 2.75) is 19.4 Å². The topological polar surface area (TPSA) is 51.0 Å². The molecule has 0 bridgehead atoms. The van der Waals surface area contributed by atoms with Gasteiger partial charge in [-0.15, -0.1) is 11.3 Å². The first-order valence-corrected chi connectivity index (χ1v) is 7.12. The summed E-state index contributed by atoms with van der Waals surface area (Å²) >= 11 is 1.84. The molecule has 1 unspecified atom stereocenters. The fourth-order valence-electron chi connectivity index (χ4n) is 2.02. The molecule has 0 aliphatic heterocycles. The summed E-state index contributed by atoms with van der Waals surface area (Å²) in [6.45, 7) is 3.01. The van der Waals surface area contributed by atoms with Crippen LogP contribution < -0.4 is 5.32 Å². The molecule has 4 nitrogen and oxygen atoms in total. The maximum Gasteiger partial charge on any atom is 0.227 e. The Balaban J connectivity index is 1.61. The van der Waals surface area contributed by atoms with Gasteiger partial charge in [-0.2, -0.15) is 4.98 Å². The van der Waals surface area contributed by atoms with Gasteiger partial charge in [0.25, 0.3) is 0 Å². The Kier molecular flexibility index (Phi) is 3.57. The van der Waals surface area contributed by atoms with E-state index in [1.807, 2.05) is 11.3 Å². The van der Waals surface area contributed by atoms with Gasteiger partial charge in [0.2, 0.25) is 5.89 Å². The second-order valence-corrected chi connectivity index (χ2v) is 5.56. The van der Waals surface area contributed by atoms with Crippen LogP contribution in [0.15, 0.2) is 41.2 Å². The number of thiophene rings is 1. The smallest absolute Gasteiger partial charge is 0.227 e. The molecule has 0 amide bonds. The van der Waals surface area contributed by atoms with Crippen molar-refractivity contribution in [3.63, 3.8) is 0 Å². The predicted octanol–water partition coefficient (Wildman–Crippen LogP) is 3.18. The third-order valence-corrected chi connectivity index (χ3v) is 4.37. The molecule has 0 saturated heterocycles. The summed E-state index contributed by atoms with van der Waals surface area (Å²) in [5, 5.41) is 8.39. The van der Waals surface area contributed by atoms with E-state index >= 15 is 0 Å². The van der Waals surface area contributed by atoms with Gasteiger partial charge >= 0.3 is 0 Å². The number of hydrogen-bond donors (Lipinski definition) is 1. The SMILES string of the molecule is CC(NCCc1ncno1)c1cc2ccccc2s1. The van der Waals surface area contributed by atoms with E-state index in [1.165, 1.54) is 21.3 Å². The standard InChI is InChI=1S/C14H15N3OS/c1-10(15-7-6-14-16-9-17-18-14)13-8-11-4-2-3-5-12(11)19-13/h2-5,8-10,15H,6-7H2,1H3. The molecule has 0 spiro atoms. The van der Waals surface area contributed by atoms with Gasteiger partial charge in [-0.05, 0) is 24.4 Å². The highest BCUT2D eigenvalue weighted by atomic mass is 32.1. The van der Waals surface area contributed by atoms with Crippen LogP contribution in [0.4, 0.5) is 0 Å². The lowest BCUT2D eigenvalue weighted by molar-refractivity contribution is 0.373. The molecule has 98 valence electrons. The van der Waals surface area contributed by atoms with Gasteiger partial charge in [0, 0.05) is 28.6 Å². The molecular weight excluding hydrogens is 258 g/mol. The molecule has 2 aromatic heterocycles.